The molecule has 1 aliphatic rings. The van der Waals surface area contributed by atoms with Crippen molar-refractivity contribution in [1.29, 1.82) is 0 Å². The summed E-state index contributed by atoms with van der Waals surface area (Å²) in [5.41, 5.74) is 1.21. The van der Waals surface area contributed by atoms with Gasteiger partial charge in [0, 0.05) is 6.04 Å². The summed E-state index contributed by atoms with van der Waals surface area (Å²) in [6.45, 7) is 7.08. The van der Waals surface area contributed by atoms with Gasteiger partial charge in [-0.15, -0.1) is 0 Å². The summed E-state index contributed by atoms with van der Waals surface area (Å²) in [5, 5.41) is 7.50. The second kappa shape index (κ2) is 5.85. The van der Waals surface area contributed by atoms with Gasteiger partial charge in [-0.3, -0.25) is 10.1 Å². The van der Waals surface area contributed by atoms with Crippen molar-refractivity contribution < 1.29 is 4.79 Å². The van der Waals surface area contributed by atoms with Crippen molar-refractivity contribution in [3.8, 4) is 0 Å². The lowest BCUT2D eigenvalue weighted by molar-refractivity contribution is -0.130. The highest BCUT2D eigenvalue weighted by molar-refractivity contribution is 7.07. The molecule has 2 heterocycles. The van der Waals surface area contributed by atoms with Crippen LogP contribution in [-0.2, 0) is 4.79 Å². The first-order chi connectivity index (χ1) is 8.59. The third-order valence-corrected chi connectivity index (χ3v) is 4.21. The third kappa shape index (κ3) is 2.93. The van der Waals surface area contributed by atoms with Crippen LogP contribution in [0.5, 0.6) is 0 Å². The number of hydrogen-bond acceptors (Lipinski definition) is 3. The maximum Gasteiger partial charge on any atom is 0.238 e. The number of nitrogens with one attached hydrogen (secondary N) is 1. The van der Waals surface area contributed by atoms with Gasteiger partial charge in [0.2, 0.25) is 5.91 Å². The van der Waals surface area contributed by atoms with Gasteiger partial charge in [-0.2, -0.15) is 11.3 Å². The molecule has 100 valence electrons. The normalized spacial score (nSPS) is 21.9. The lowest BCUT2D eigenvalue weighted by Crippen LogP contribution is -2.37. The van der Waals surface area contributed by atoms with Crippen molar-refractivity contribution in [3.05, 3.63) is 22.4 Å². The van der Waals surface area contributed by atoms with E-state index in [9.17, 15) is 4.79 Å². The highest BCUT2D eigenvalue weighted by Gasteiger charge is 2.34. The predicted octanol–water partition coefficient (Wildman–Crippen LogP) is 3.00. The molecule has 2 atom stereocenters. The quantitative estimate of drug-likeness (QED) is 0.888. The van der Waals surface area contributed by atoms with E-state index in [0.29, 0.717) is 18.5 Å². The molecule has 2 rings (SSSR count). The van der Waals surface area contributed by atoms with Gasteiger partial charge in [-0.05, 0) is 48.1 Å². The fourth-order valence-electron chi connectivity index (χ4n) is 2.44. The van der Waals surface area contributed by atoms with Crippen molar-refractivity contribution >= 4 is 17.2 Å². The molecule has 0 aliphatic carbocycles. The van der Waals surface area contributed by atoms with Crippen LogP contribution >= 0.6 is 11.3 Å². The molecule has 18 heavy (non-hydrogen) atoms. The smallest absolute Gasteiger partial charge is 0.238 e. The molecule has 0 bridgehead atoms. The van der Waals surface area contributed by atoms with Crippen LogP contribution in [0.15, 0.2) is 16.8 Å². The van der Waals surface area contributed by atoms with Gasteiger partial charge in [-0.1, -0.05) is 13.8 Å². The zero-order valence-corrected chi connectivity index (χ0v) is 12.2. The van der Waals surface area contributed by atoms with Gasteiger partial charge in [0.05, 0.1) is 6.54 Å². The Labute approximate surface area is 113 Å². The van der Waals surface area contributed by atoms with Crippen molar-refractivity contribution in [1.82, 2.24) is 10.2 Å². The van der Waals surface area contributed by atoms with E-state index < -0.39 is 0 Å². The minimum absolute atomic E-state index is 0.0749. The number of carbonyl (C=O) groups is 1. The Balaban J connectivity index is 2.05. The number of rotatable bonds is 5. The Morgan fingerprint density at radius 1 is 1.44 bits per heavy atom. The van der Waals surface area contributed by atoms with Crippen LogP contribution in [0.3, 0.4) is 0 Å². The summed E-state index contributed by atoms with van der Waals surface area (Å²) in [5.74, 6) is 0.917. The number of hydrogen-bond donors (Lipinski definition) is 1. The van der Waals surface area contributed by atoms with E-state index in [-0.39, 0.29) is 12.1 Å². The molecule has 4 heteroatoms. The van der Waals surface area contributed by atoms with Crippen LogP contribution in [-0.4, -0.2) is 23.4 Å². The Hall–Kier alpha value is -0.870. The maximum absolute atomic E-state index is 12.0. The second-order valence-electron chi connectivity index (χ2n) is 5.46. The fourth-order valence-corrected chi connectivity index (χ4v) is 3.12. The zero-order chi connectivity index (χ0) is 13.1. The number of nitrogens with zero attached hydrogens (tertiary/aromatic N) is 1. The van der Waals surface area contributed by atoms with Gasteiger partial charge < -0.3 is 4.90 Å². The molecular formula is C14H22N2OS. The highest BCUT2D eigenvalue weighted by atomic mass is 32.1. The topological polar surface area (TPSA) is 32.3 Å². The van der Waals surface area contributed by atoms with E-state index in [1.165, 1.54) is 12.0 Å². The van der Waals surface area contributed by atoms with E-state index in [1.807, 2.05) is 4.90 Å². The lowest BCUT2D eigenvalue weighted by Gasteiger charge is -2.30. The van der Waals surface area contributed by atoms with Gasteiger partial charge in [0.25, 0.3) is 0 Å². The fraction of sp³-hybridized carbons (Fsp3) is 0.643. The molecule has 1 fully saturated rings. The zero-order valence-electron chi connectivity index (χ0n) is 11.3. The first-order valence-corrected chi connectivity index (χ1v) is 7.60. The Kier molecular flexibility index (Phi) is 4.40. The molecule has 0 aromatic carbocycles. The van der Waals surface area contributed by atoms with Gasteiger partial charge >= 0.3 is 0 Å². The van der Waals surface area contributed by atoms with Crippen LogP contribution in [0.1, 0.15) is 45.3 Å². The summed E-state index contributed by atoms with van der Waals surface area (Å²) in [4.78, 5) is 14.1. The van der Waals surface area contributed by atoms with Crippen LogP contribution in [0.25, 0.3) is 0 Å². The second-order valence-corrected chi connectivity index (χ2v) is 6.24. The van der Waals surface area contributed by atoms with Crippen molar-refractivity contribution in [2.24, 2.45) is 5.92 Å². The molecule has 0 saturated carbocycles. The molecule has 1 N–H and O–H groups in total. The van der Waals surface area contributed by atoms with E-state index in [1.54, 1.807) is 11.3 Å². The van der Waals surface area contributed by atoms with Gasteiger partial charge in [-0.25, -0.2) is 0 Å². The first kappa shape index (κ1) is 13.6. The molecule has 1 aromatic heterocycles. The van der Waals surface area contributed by atoms with Gasteiger partial charge in [0.1, 0.15) is 6.17 Å². The van der Waals surface area contributed by atoms with Crippen molar-refractivity contribution in [3.63, 3.8) is 0 Å². The minimum atomic E-state index is 0.0749. The van der Waals surface area contributed by atoms with Crippen LogP contribution in [0.4, 0.5) is 0 Å². The van der Waals surface area contributed by atoms with E-state index in [0.717, 1.165) is 6.42 Å². The molecule has 1 aliphatic heterocycles. The molecule has 1 aromatic rings. The molecule has 1 saturated heterocycles. The lowest BCUT2D eigenvalue weighted by atomic mass is 10.0. The summed E-state index contributed by atoms with van der Waals surface area (Å²) in [7, 11) is 0. The Bertz CT molecular complexity index is 389. The van der Waals surface area contributed by atoms with Crippen molar-refractivity contribution in [2.45, 2.75) is 45.8 Å². The van der Waals surface area contributed by atoms with Crippen molar-refractivity contribution in [2.75, 3.05) is 6.54 Å². The molecule has 2 unspecified atom stereocenters. The first-order valence-electron chi connectivity index (χ1n) is 6.66. The van der Waals surface area contributed by atoms with E-state index in [4.69, 9.17) is 0 Å². The molecule has 0 radical (unpaired) electrons. The van der Waals surface area contributed by atoms with Crippen LogP contribution in [0, 0.1) is 5.92 Å². The van der Waals surface area contributed by atoms with Gasteiger partial charge in [0.15, 0.2) is 0 Å². The summed E-state index contributed by atoms with van der Waals surface area (Å²) < 4.78 is 0. The molecule has 1 amide bonds. The highest BCUT2D eigenvalue weighted by Crippen LogP contribution is 2.28. The minimum Gasteiger partial charge on any atom is -0.319 e. The summed E-state index contributed by atoms with van der Waals surface area (Å²) in [6.07, 6.45) is 2.32. The standard InChI is InChI=1S/C14H22N2OS/c1-10(2)4-5-11(3)16-13(17)8-15-14(16)12-6-7-18-9-12/h6-7,9-11,14-15H,4-5,8H2,1-3H3. The van der Waals surface area contributed by atoms with E-state index in [2.05, 4.69) is 42.9 Å². The Morgan fingerprint density at radius 2 is 2.22 bits per heavy atom. The number of thiophene rings is 1. The average Bonchev–Trinajstić information content (AvgIpc) is 2.94. The van der Waals surface area contributed by atoms with Crippen LogP contribution < -0.4 is 5.32 Å². The monoisotopic (exact) mass is 266 g/mol. The SMILES string of the molecule is CC(C)CCC(C)N1C(=O)CNC1c1ccsc1. The van der Waals surface area contributed by atoms with E-state index >= 15 is 0 Å². The average molecular weight is 266 g/mol. The number of amides is 1. The van der Waals surface area contributed by atoms with Crippen LogP contribution in [0.2, 0.25) is 0 Å². The summed E-state index contributed by atoms with van der Waals surface area (Å²) in [6, 6.07) is 2.41. The Morgan fingerprint density at radius 3 is 2.83 bits per heavy atom. The molecule has 0 spiro atoms. The molecule has 3 nitrogen and oxygen atoms in total. The maximum atomic E-state index is 12.0. The largest absolute Gasteiger partial charge is 0.319 e. The summed E-state index contributed by atoms with van der Waals surface area (Å²) >= 11 is 1.68. The predicted molar refractivity (Wildman–Crippen MR) is 75.4 cm³/mol. The number of carbonyl (C=O) groups excluding carboxylic acids is 1. The molecular weight excluding hydrogens is 244 g/mol. The third-order valence-electron chi connectivity index (χ3n) is 3.51.